The second-order valence-electron chi connectivity index (χ2n) is 6.88. The molecular formula is C18H22F3N3O2. The molecule has 1 saturated heterocycles. The van der Waals surface area contributed by atoms with Crippen molar-refractivity contribution in [3.05, 3.63) is 35.4 Å². The van der Waals surface area contributed by atoms with Gasteiger partial charge in [-0.2, -0.15) is 13.2 Å². The Morgan fingerprint density at radius 3 is 2.69 bits per heavy atom. The molecule has 0 aromatic heterocycles. The first-order chi connectivity index (χ1) is 12.3. The van der Waals surface area contributed by atoms with Crippen molar-refractivity contribution >= 4 is 11.8 Å². The number of amides is 2. The number of hydrogen-bond acceptors (Lipinski definition) is 3. The average Bonchev–Trinajstić information content (AvgIpc) is 3.40. The molecule has 0 unspecified atom stereocenters. The van der Waals surface area contributed by atoms with Crippen LogP contribution in [0.25, 0.3) is 0 Å². The first-order valence-corrected chi connectivity index (χ1v) is 8.78. The number of carbonyl (C=O) groups excluding carboxylic acids is 2. The van der Waals surface area contributed by atoms with Gasteiger partial charge in [-0.3, -0.25) is 14.5 Å². The minimum absolute atomic E-state index is 0.0241. The number of rotatable bonds is 6. The second kappa shape index (κ2) is 7.65. The van der Waals surface area contributed by atoms with Crippen LogP contribution in [-0.4, -0.2) is 42.4 Å². The van der Waals surface area contributed by atoms with Gasteiger partial charge in [-0.25, -0.2) is 0 Å². The molecule has 2 fully saturated rings. The summed E-state index contributed by atoms with van der Waals surface area (Å²) in [7, 11) is 0. The molecule has 1 aromatic rings. The Bertz CT molecular complexity index is 674. The van der Waals surface area contributed by atoms with Gasteiger partial charge in [0.15, 0.2) is 0 Å². The van der Waals surface area contributed by atoms with Crippen molar-refractivity contribution in [1.29, 1.82) is 0 Å². The van der Waals surface area contributed by atoms with Gasteiger partial charge < -0.3 is 10.6 Å². The van der Waals surface area contributed by atoms with Crippen LogP contribution in [0, 0.1) is 5.92 Å². The zero-order valence-electron chi connectivity index (χ0n) is 14.3. The van der Waals surface area contributed by atoms with E-state index in [2.05, 4.69) is 10.6 Å². The lowest BCUT2D eigenvalue weighted by atomic mass is 10.0. The number of hydrogen-bond donors (Lipinski definition) is 2. The fourth-order valence-corrected chi connectivity index (χ4v) is 3.15. The largest absolute Gasteiger partial charge is 0.416 e. The van der Waals surface area contributed by atoms with Gasteiger partial charge in [0.1, 0.15) is 0 Å². The number of nitrogens with one attached hydrogen (secondary N) is 2. The Hall–Kier alpha value is -2.09. The third-order valence-corrected chi connectivity index (χ3v) is 4.80. The number of piperazine rings is 1. The number of nitrogens with zero attached hydrogens (tertiary/aromatic N) is 1. The Balaban J connectivity index is 1.70. The molecule has 8 heteroatoms. The monoisotopic (exact) mass is 369 g/mol. The summed E-state index contributed by atoms with van der Waals surface area (Å²) in [6.45, 7) is 1.33. The quantitative estimate of drug-likeness (QED) is 0.806. The summed E-state index contributed by atoms with van der Waals surface area (Å²) in [4.78, 5) is 26.0. The van der Waals surface area contributed by atoms with Crippen molar-refractivity contribution < 1.29 is 22.8 Å². The molecule has 2 amide bonds. The van der Waals surface area contributed by atoms with Crippen LogP contribution in [0.4, 0.5) is 13.2 Å². The number of benzene rings is 1. The van der Waals surface area contributed by atoms with Crippen LogP contribution in [0.3, 0.4) is 0 Å². The van der Waals surface area contributed by atoms with E-state index in [0.717, 1.165) is 18.9 Å². The third-order valence-electron chi connectivity index (χ3n) is 4.80. The highest BCUT2D eigenvalue weighted by Crippen LogP contribution is 2.33. The standard InChI is InChI=1S/C18H22F3N3O2/c19-18(20,21)14-4-2-1-3-13(14)11-24-8-7-22-17(26)15(24)9-16(25)23-10-12-5-6-12/h1-4,12,15H,5-11H2,(H,22,26)(H,23,25)/t15-/m1/s1. The summed E-state index contributed by atoms with van der Waals surface area (Å²) >= 11 is 0. The predicted octanol–water partition coefficient (Wildman–Crippen LogP) is 1.92. The normalized spacial score (nSPS) is 21.3. The van der Waals surface area contributed by atoms with Crippen LogP contribution in [0.5, 0.6) is 0 Å². The molecule has 1 aliphatic heterocycles. The van der Waals surface area contributed by atoms with E-state index in [0.29, 0.717) is 25.6 Å². The van der Waals surface area contributed by atoms with Crippen LogP contribution in [-0.2, 0) is 22.3 Å². The smallest absolute Gasteiger partial charge is 0.356 e. The molecule has 2 aliphatic rings. The lowest BCUT2D eigenvalue weighted by molar-refractivity contribution is -0.139. The topological polar surface area (TPSA) is 61.4 Å². The van der Waals surface area contributed by atoms with Crippen molar-refractivity contribution in [3.8, 4) is 0 Å². The van der Waals surface area contributed by atoms with Gasteiger partial charge in [-0.15, -0.1) is 0 Å². The number of alkyl halides is 3. The highest BCUT2D eigenvalue weighted by atomic mass is 19.4. The Kier molecular flexibility index (Phi) is 5.50. The van der Waals surface area contributed by atoms with E-state index in [9.17, 15) is 22.8 Å². The van der Waals surface area contributed by atoms with Gasteiger partial charge in [0.25, 0.3) is 0 Å². The molecule has 1 saturated carbocycles. The van der Waals surface area contributed by atoms with Crippen molar-refractivity contribution in [2.24, 2.45) is 5.92 Å². The lowest BCUT2D eigenvalue weighted by Crippen LogP contribution is -2.56. The minimum atomic E-state index is -4.45. The van der Waals surface area contributed by atoms with Crippen LogP contribution in [0.1, 0.15) is 30.4 Å². The first-order valence-electron chi connectivity index (χ1n) is 8.78. The summed E-state index contributed by atoms with van der Waals surface area (Å²) in [6, 6.07) is 4.59. The molecule has 1 aromatic carbocycles. The fourth-order valence-electron chi connectivity index (χ4n) is 3.15. The van der Waals surface area contributed by atoms with Gasteiger partial charge in [0.05, 0.1) is 18.0 Å². The second-order valence-corrected chi connectivity index (χ2v) is 6.88. The summed E-state index contributed by atoms with van der Waals surface area (Å²) in [5.74, 6) is -0.0377. The molecule has 142 valence electrons. The minimum Gasteiger partial charge on any atom is -0.356 e. The van der Waals surface area contributed by atoms with Gasteiger partial charge >= 0.3 is 6.18 Å². The zero-order valence-corrected chi connectivity index (χ0v) is 14.3. The maximum absolute atomic E-state index is 13.2. The van der Waals surface area contributed by atoms with Gasteiger partial charge in [0, 0.05) is 26.2 Å². The highest BCUT2D eigenvalue weighted by molar-refractivity contribution is 5.88. The SMILES string of the molecule is O=C(C[C@@H]1C(=O)NCCN1Cc1ccccc1C(F)(F)F)NCC1CC1. The fraction of sp³-hybridized carbons (Fsp3) is 0.556. The van der Waals surface area contributed by atoms with Crippen LogP contribution in [0.15, 0.2) is 24.3 Å². The number of carbonyl (C=O) groups is 2. The molecule has 5 nitrogen and oxygen atoms in total. The molecular weight excluding hydrogens is 347 g/mol. The third kappa shape index (κ3) is 4.75. The molecule has 2 N–H and O–H groups in total. The van der Waals surface area contributed by atoms with Crippen LogP contribution >= 0.6 is 0 Å². The van der Waals surface area contributed by atoms with Crippen molar-refractivity contribution in [3.63, 3.8) is 0 Å². The molecule has 1 heterocycles. The average molecular weight is 369 g/mol. The lowest BCUT2D eigenvalue weighted by Gasteiger charge is -2.35. The van der Waals surface area contributed by atoms with Crippen molar-refractivity contribution in [2.75, 3.05) is 19.6 Å². The van der Waals surface area contributed by atoms with E-state index in [1.807, 2.05) is 0 Å². The Morgan fingerprint density at radius 2 is 2.00 bits per heavy atom. The summed E-state index contributed by atoms with van der Waals surface area (Å²) in [6.07, 6.45) is -2.30. The highest BCUT2D eigenvalue weighted by Gasteiger charge is 2.36. The van der Waals surface area contributed by atoms with Crippen LogP contribution in [0.2, 0.25) is 0 Å². The van der Waals surface area contributed by atoms with E-state index < -0.39 is 17.8 Å². The summed E-state index contributed by atoms with van der Waals surface area (Å²) in [5, 5.41) is 5.50. The molecule has 3 rings (SSSR count). The number of halogens is 3. The van der Waals surface area contributed by atoms with Gasteiger partial charge in [-0.05, 0) is 30.4 Å². The molecule has 26 heavy (non-hydrogen) atoms. The molecule has 1 aliphatic carbocycles. The van der Waals surface area contributed by atoms with E-state index >= 15 is 0 Å². The summed E-state index contributed by atoms with van der Waals surface area (Å²) < 4.78 is 39.6. The Morgan fingerprint density at radius 1 is 1.27 bits per heavy atom. The molecule has 0 spiro atoms. The van der Waals surface area contributed by atoms with E-state index in [1.54, 1.807) is 11.0 Å². The summed E-state index contributed by atoms with van der Waals surface area (Å²) in [5.41, 5.74) is -0.596. The van der Waals surface area contributed by atoms with Crippen molar-refractivity contribution in [1.82, 2.24) is 15.5 Å². The first kappa shape index (κ1) is 18.7. The molecule has 1 atom stereocenters. The maximum atomic E-state index is 13.2. The van der Waals surface area contributed by atoms with E-state index in [1.165, 1.54) is 12.1 Å². The Labute approximate surface area is 149 Å². The zero-order chi connectivity index (χ0) is 18.7. The van der Waals surface area contributed by atoms with Crippen molar-refractivity contribution in [2.45, 2.75) is 38.0 Å². The molecule has 0 bridgehead atoms. The van der Waals surface area contributed by atoms with E-state index in [4.69, 9.17) is 0 Å². The molecule has 0 radical (unpaired) electrons. The van der Waals surface area contributed by atoms with Gasteiger partial charge in [0.2, 0.25) is 11.8 Å². The predicted molar refractivity (Wildman–Crippen MR) is 89.0 cm³/mol. The van der Waals surface area contributed by atoms with Gasteiger partial charge in [-0.1, -0.05) is 18.2 Å². The van der Waals surface area contributed by atoms with Crippen LogP contribution < -0.4 is 10.6 Å². The maximum Gasteiger partial charge on any atom is 0.416 e. The van der Waals surface area contributed by atoms with E-state index in [-0.39, 0.29) is 30.3 Å².